The van der Waals surface area contributed by atoms with Crippen LogP contribution in [0.2, 0.25) is 0 Å². The van der Waals surface area contributed by atoms with Gasteiger partial charge in [0, 0.05) is 68.2 Å². The number of carbonyl (C=O) groups is 1. The smallest absolute Gasteiger partial charge is 0.223 e. The molecule has 0 aliphatic carbocycles. The van der Waals surface area contributed by atoms with Gasteiger partial charge in [-0.15, -0.1) is 0 Å². The van der Waals surface area contributed by atoms with Gasteiger partial charge in [-0.25, -0.2) is 8.78 Å². The molecule has 184 valence electrons. The minimum atomic E-state index is -0.631. The second-order valence-electron chi connectivity index (χ2n) is 9.21. The summed E-state index contributed by atoms with van der Waals surface area (Å²) in [5, 5.41) is 0.939. The van der Waals surface area contributed by atoms with Crippen molar-refractivity contribution in [3.05, 3.63) is 113 Å². The second-order valence-corrected chi connectivity index (χ2v) is 9.21. The van der Waals surface area contributed by atoms with Crippen molar-refractivity contribution in [3.63, 3.8) is 0 Å². The Morgan fingerprint density at radius 3 is 2.44 bits per heavy atom. The first kappa shape index (κ1) is 23.9. The molecule has 6 heteroatoms. The third-order valence-corrected chi connectivity index (χ3v) is 6.91. The molecule has 4 nitrogen and oxygen atoms in total. The summed E-state index contributed by atoms with van der Waals surface area (Å²) in [6, 6.07) is 21.5. The van der Waals surface area contributed by atoms with Gasteiger partial charge >= 0.3 is 0 Å². The van der Waals surface area contributed by atoms with Crippen LogP contribution in [0.4, 0.5) is 8.78 Å². The number of piperazine rings is 1. The van der Waals surface area contributed by atoms with E-state index in [2.05, 4.69) is 34.2 Å². The molecule has 3 aromatic carbocycles. The molecule has 4 aromatic rings. The number of carbonyl (C=O) groups excluding carboxylic acids is 1. The highest BCUT2D eigenvalue weighted by Gasteiger charge is 2.28. The number of aromatic amines is 1. The van der Waals surface area contributed by atoms with Crippen LogP contribution < -0.4 is 0 Å². The number of nitrogens with zero attached hydrogens (tertiary/aromatic N) is 2. The fourth-order valence-corrected chi connectivity index (χ4v) is 4.94. The van der Waals surface area contributed by atoms with E-state index in [0.29, 0.717) is 18.7 Å². The maximum Gasteiger partial charge on any atom is 0.223 e. The van der Waals surface area contributed by atoms with Gasteiger partial charge in [0.15, 0.2) is 0 Å². The van der Waals surface area contributed by atoms with Crippen LogP contribution in [0, 0.1) is 11.6 Å². The van der Waals surface area contributed by atoms with Crippen molar-refractivity contribution in [3.8, 4) is 0 Å². The predicted molar refractivity (Wildman–Crippen MR) is 140 cm³/mol. The van der Waals surface area contributed by atoms with Crippen LogP contribution in [0.25, 0.3) is 17.0 Å². The number of amides is 1. The monoisotopic (exact) mass is 485 g/mol. The molecule has 1 fully saturated rings. The molecule has 0 radical (unpaired) electrons. The van der Waals surface area contributed by atoms with Crippen LogP contribution in [0.15, 0.2) is 85.1 Å². The van der Waals surface area contributed by atoms with Crippen LogP contribution in [0.1, 0.15) is 29.0 Å². The third kappa shape index (κ3) is 5.39. The number of rotatable bonds is 7. The van der Waals surface area contributed by atoms with E-state index in [1.807, 2.05) is 53.6 Å². The summed E-state index contributed by atoms with van der Waals surface area (Å²) in [5.41, 5.74) is 3.26. The number of halogens is 2. The molecule has 0 spiro atoms. The Kier molecular flexibility index (Phi) is 7.23. The molecule has 1 aliphatic heterocycles. The molecule has 0 bridgehead atoms. The van der Waals surface area contributed by atoms with Gasteiger partial charge in [0.1, 0.15) is 11.6 Å². The largest absolute Gasteiger partial charge is 0.361 e. The van der Waals surface area contributed by atoms with Gasteiger partial charge in [-0.05, 0) is 28.8 Å². The van der Waals surface area contributed by atoms with E-state index < -0.39 is 17.6 Å². The minimum absolute atomic E-state index is 0.0199. The lowest BCUT2D eigenvalue weighted by atomic mass is 9.87. The summed E-state index contributed by atoms with van der Waals surface area (Å²) < 4.78 is 28.5. The maximum atomic E-state index is 14.9. The fraction of sp³-hybridized carbons (Fsp3) is 0.233. The summed E-state index contributed by atoms with van der Waals surface area (Å²) in [6.07, 6.45) is 6.22. The zero-order chi connectivity index (χ0) is 24.9. The standard InChI is InChI=1S/C30H29F2N3O/c31-23-12-13-24(28(32)19-23)26(27-21-33-29-11-5-4-10-25(27)29)20-30(36)35-17-15-34(16-18-35)14-6-9-22-7-2-1-3-8-22/h1-13,19,21,26,33H,14-18,20H2/b9-6+. The number of para-hydroxylation sites is 1. The molecule has 1 N–H and O–H groups in total. The Morgan fingerprint density at radius 2 is 1.67 bits per heavy atom. The van der Waals surface area contributed by atoms with Crippen molar-refractivity contribution in [2.24, 2.45) is 0 Å². The molecule has 36 heavy (non-hydrogen) atoms. The Bertz CT molecular complexity index is 1360. The summed E-state index contributed by atoms with van der Waals surface area (Å²) in [4.78, 5) is 20.8. The average molecular weight is 486 g/mol. The quantitative estimate of drug-likeness (QED) is 0.358. The van der Waals surface area contributed by atoms with Crippen LogP contribution in [-0.4, -0.2) is 53.4 Å². The van der Waals surface area contributed by atoms with E-state index in [1.165, 1.54) is 17.7 Å². The van der Waals surface area contributed by atoms with Crippen molar-refractivity contribution in [2.45, 2.75) is 12.3 Å². The molecule has 1 unspecified atom stereocenters. The van der Waals surface area contributed by atoms with Crippen LogP contribution in [0.5, 0.6) is 0 Å². The number of nitrogens with one attached hydrogen (secondary N) is 1. The average Bonchev–Trinajstić information content (AvgIpc) is 3.33. The van der Waals surface area contributed by atoms with Crippen LogP contribution >= 0.6 is 0 Å². The van der Waals surface area contributed by atoms with E-state index in [1.54, 1.807) is 0 Å². The molecule has 1 saturated heterocycles. The highest BCUT2D eigenvalue weighted by Crippen LogP contribution is 2.35. The molecule has 0 saturated carbocycles. The molecular weight excluding hydrogens is 456 g/mol. The Balaban J connectivity index is 1.28. The predicted octanol–water partition coefficient (Wildman–Crippen LogP) is 5.83. The number of fused-ring (bicyclic) bond motifs is 1. The van der Waals surface area contributed by atoms with Gasteiger partial charge in [-0.3, -0.25) is 9.69 Å². The van der Waals surface area contributed by atoms with Crippen molar-refractivity contribution in [1.82, 2.24) is 14.8 Å². The van der Waals surface area contributed by atoms with Gasteiger partial charge in [-0.2, -0.15) is 0 Å². The summed E-state index contributed by atoms with van der Waals surface area (Å²) in [7, 11) is 0. The molecule has 2 heterocycles. The van der Waals surface area contributed by atoms with Crippen molar-refractivity contribution in [2.75, 3.05) is 32.7 Å². The second kappa shape index (κ2) is 10.9. The SMILES string of the molecule is O=C(CC(c1ccc(F)cc1F)c1c[nH]c2ccccc12)N1CCN(C/C=C/c2ccccc2)CC1. The number of aromatic nitrogens is 1. The molecule has 1 amide bonds. The normalized spacial score (nSPS) is 15.6. The topological polar surface area (TPSA) is 39.3 Å². The Morgan fingerprint density at radius 1 is 0.917 bits per heavy atom. The third-order valence-electron chi connectivity index (χ3n) is 6.91. The molecule has 1 atom stereocenters. The number of hydrogen-bond donors (Lipinski definition) is 1. The first-order valence-electron chi connectivity index (χ1n) is 12.3. The Labute approximate surface area is 209 Å². The van der Waals surface area contributed by atoms with Gasteiger partial charge in [0.05, 0.1) is 0 Å². The highest BCUT2D eigenvalue weighted by atomic mass is 19.1. The number of benzene rings is 3. The summed E-state index contributed by atoms with van der Waals surface area (Å²) in [5.74, 6) is -1.79. The highest BCUT2D eigenvalue weighted by molar-refractivity contribution is 5.86. The van der Waals surface area contributed by atoms with Crippen molar-refractivity contribution < 1.29 is 13.6 Å². The number of H-pyrrole nitrogens is 1. The first-order chi connectivity index (χ1) is 17.6. The zero-order valence-corrected chi connectivity index (χ0v) is 20.0. The van der Waals surface area contributed by atoms with E-state index in [-0.39, 0.29) is 12.3 Å². The van der Waals surface area contributed by atoms with E-state index in [4.69, 9.17) is 0 Å². The van der Waals surface area contributed by atoms with Gasteiger partial charge in [0.25, 0.3) is 0 Å². The van der Waals surface area contributed by atoms with Crippen molar-refractivity contribution in [1.29, 1.82) is 0 Å². The Hall–Kier alpha value is -3.77. The van der Waals surface area contributed by atoms with E-state index in [9.17, 15) is 13.6 Å². The number of hydrogen-bond acceptors (Lipinski definition) is 2. The maximum absolute atomic E-state index is 14.9. The van der Waals surface area contributed by atoms with E-state index in [0.717, 1.165) is 42.2 Å². The lowest BCUT2D eigenvalue weighted by molar-refractivity contribution is -0.133. The van der Waals surface area contributed by atoms with E-state index >= 15 is 0 Å². The summed E-state index contributed by atoms with van der Waals surface area (Å²) in [6.45, 7) is 3.66. The lowest BCUT2D eigenvalue weighted by Gasteiger charge is -2.35. The zero-order valence-electron chi connectivity index (χ0n) is 20.0. The van der Waals surface area contributed by atoms with Gasteiger partial charge in [0.2, 0.25) is 5.91 Å². The molecule has 5 rings (SSSR count). The summed E-state index contributed by atoms with van der Waals surface area (Å²) >= 11 is 0. The van der Waals surface area contributed by atoms with Crippen LogP contribution in [-0.2, 0) is 4.79 Å². The first-order valence-corrected chi connectivity index (χ1v) is 12.3. The molecular formula is C30H29F2N3O. The minimum Gasteiger partial charge on any atom is -0.361 e. The van der Waals surface area contributed by atoms with Crippen LogP contribution in [0.3, 0.4) is 0 Å². The van der Waals surface area contributed by atoms with Gasteiger partial charge < -0.3 is 9.88 Å². The molecule has 1 aromatic heterocycles. The van der Waals surface area contributed by atoms with Gasteiger partial charge in [-0.1, -0.05) is 66.7 Å². The van der Waals surface area contributed by atoms with Crippen molar-refractivity contribution >= 4 is 22.9 Å². The molecule has 1 aliphatic rings. The lowest BCUT2D eigenvalue weighted by Crippen LogP contribution is -2.48. The fourth-order valence-electron chi connectivity index (χ4n) is 4.94.